The summed E-state index contributed by atoms with van der Waals surface area (Å²) in [5.74, 6) is -0.260. The van der Waals surface area contributed by atoms with Crippen molar-refractivity contribution < 1.29 is 14.7 Å². The lowest BCUT2D eigenvalue weighted by Gasteiger charge is -2.38. The zero-order valence-corrected chi connectivity index (χ0v) is 11.1. The number of carboxylic acids is 1. The van der Waals surface area contributed by atoms with Crippen molar-refractivity contribution in [3.8, 4) is 0 Å². The molecule has 0 aromatic rings. The normalized spacial score (nSPS) is 35.8. The first-order chi connectivity index (χ1) is 8.45. The van der Waals surface area contributed by atoms with Gasteiger partial charge in [-0.25, -0.2) is 4.79 Å². The van der Waals surface area contributed by atoms with E-state index in [0.717, 1.165) is 12.8 Å². The number of nitrogens with zero attached hydrogens (tertiary/aromatic N) is 1. The van der Waals surface area contributed by atoms with Crippen molar-refractivity contribution in [3.63, 3.8) is 0 Å². The van der Waals surface area contributed by atoms with Gasteiger partial charge in [0.15, 0.2) is 0 Å². The van der Waals surface area contributed by atoms with Gasteiger partial charge in [-0.05, 0) is 31.1 Å². The van der Waals surface area contributed by atoms with Gasteiger partial charge in [-0.15, -0.1) is 0 Å². The van der Waals surface area contributed by atoms with Crippen molar-refractivity contribution in [2.75, 3.05) is 13.1 Å². The van der Waals surface area contributed by atoms with Crippen LogP contribution in [-0.2, 0) is 4.79 Å². The maximum Gasteiger partial charge on any atom is 0.317 e. The summed E-state index contributed by atoms with van der Waals surface area (Å²) >= 11 is 0. The van der Waals surface area contributed by atoms with Crippen LogP contribution in [0.15, 0.2) is 0 Å². The monoisotopic (exact) mass is 254 g/mol. The Labute approximate surface area is 108 Å². The summed E-state index contributed by atoms with van der Waals surface area (Å²) in [6.45, 7) is 5.18. The van der Waals surface area contributed by atoms with Crippen LogP contribution in [0.3, 0.4) is 0 Å². The van der Waals surface area contributed by atoms with Crippen molar-refractivity contribution >= 4 is 12.0 Å². The Morgan fingerprint density at radius 1 is 1.11 bits per heavy atom. The van der Waals surface area contributed by atoms with E-state index < -0.39 is 11.9 Å². The number of likely N-dealkylation sites (tertiary alicyclic amines) is 1. The Balaban J connectivity index is 1.86. The average molecular weight is 254 g/mol. The minimum atomic E-state index is -0.795. The van der Waals surface area contributed by atoms with Crippen molar-refractivity contribution in [1.29, 1.82) is 0 Å². The van der Waals surface area contributed by atoms with E-state index in [-0.39, 0.29) is 18.0 Å². The molecule has 5 nitrogen and oxygen atoms in total. The number of aliphatic carboxylic acids is 1. The van der Waals surface area contributed by atoms with Gasteiger partial charge in [0.1, 0.15) is 0 Å². The Morgan fingerprint density at radius 2 is 1.78 bits per heavy atom. The third-order valence-corrected chi connectivity index (χ3v) is 4.00. The number of hydrogen-bond donors (Lipinski definition) is 2. The smallest absolute Gasteiger partial charge is 0.317 e. The highest BCUT2D eigenvalue weighted by Gasteiger charge is 2.34. The fourth-order valence-corrected chi connectivity index (χ4v) is 2.98. The summed E-state index contributed by atoms with van der Waals surface area (Å²) < 4.78 is 0. The molecule has 5 heteroatoms. The van der Waals surface area contributed by atoms with E-state index in [1.165, 1.54) is 0 Å². The lowest BCUT2D eigenvalue weighted by Crippen LogP contribution is -2.53. The van der Waals surface area contributed by atoms with Gasteiger partial charge in [-0.2, -0.15) is 0 Å². The van der Waals surface area contributed by atoms with E-state index in [4.69, 9.17) is 5.11 Å². The Kier molecular flexibility index (Phi) is 3.78. The van der Waals surface area contributed by atoms with Crippen molar-refractivity contribution in [2.24, 2.45) is 17.8 Å². The fourth-order valence-electron chi connectivity index (χ4n) is 2.98. The number of carbonyl (C=O) groups is 2. The molecule has 0 aromatic carbocycles. The summed E-state index contributed by atoms with van der Waals surface area (Å²) in [4.78, 5) is 24.7. The second-order valence-corrected chi connectivity index (χ2v) is 6.00. The van der Waals surface area contributed by atoms with Crippen LogP contribution < -0.4 is 5.32 Å². The maximum atomic E-state index is 12.0. The van der Waals surface area contributed by atoms with Gasteiger partial charge < -0.3 is 15.3 Å². The quantitative estimate of drug-likeness (QED) is 0.785. The molecule has 2 aliphatic rings. The van der Waals surface area contributed by atoms with Gasteiger partial charge in [0.25, 0.3) is 0 Å². The molecule has 1 saturated heterocycles. The standard InChI is InChI=1S/C13H22N2O3/c1-8-4-11(5-8)14-13(18)15-6-9(2)3-10(7-15)12(16)17/h8-11H,3-7H2,1-2H3,(H,14,18)(H,16,17). The molecule has 2 atom stereocenters. The number of nitrogens with one attached hydrogen (secondary N) is 1. The van der Waals surface area contributed by atoms with Crippen molar-refractivity contribution in [1.82, 2.24) is 10.2 Å². The molecule has 0 spiro atoms. The first kappa shape index (κ1) is 13.2. The average Bonchev–Trinajstić information content (AvgIpc) is 2.26. The van der Waals surface area contributed by atoms with Gasteiger partial charge in [0.2, 0.25) is 0 Å². The molecule has 2 amide bonds. The Bertz CT molecular complexity index is 339. The second-order valence-electron chi connectivity index (χ2n) is 6.00. The van der Waals surface area contributed by atoms with Crippen LogP contribution in [0.4, 0.5) is 4.79 Å². The molecule has 2 N–H and O–H groups in total. The van der Waals surface area contributed by atoms with E-state index in [2.05, 4.69) is 12.2 Å². The van der Waals surface area contributed by atoms with Crippen LogP contribution in [0.2, 0.25) is 0 Å². The van der Waals surface area contributed by atoms with Crippen LogP contribution in [0.5, 0.6) is 0 Å². The first-order valence-electron chi connectivity index (χ1n) is 6.74. The molecule has 0 radical (unpaired) electrons. The number of hydrogen-bond acceptors (Lipinski definition) is 2. The van der Waals surface area contributed by atoms with Crippen LogP contribution >= 0.6 is 0 Å². The summed E-state index contributed by atoms with van der Waals surface area (Å²) in [7, 11) is 0. The van der Waals surface area contributed by atoms with Gasteiger partial charge in [-0.1, -0.05) is 13.8 Å². The molecule has 1 saturated carbocycles. The Hall–Kier alpha value is -1.26. The predicted octanol–water partition coefficient (Wildman–Crippen LogP) is 1.54. The molecule has 0 bridgehead atoms. The molecule has 1 aliphatic heterocycles. The zero-order valence-electron chi connectivity index (χ0n) is 11.1. The minimum absolute atomic E-state index is 0.0929. The molecule has 1 aliphatic carbocycles. The number of amides is 2. The number of carbonyl (C=O) groups excluding carboxylic acids is 1. The molecule has 18 heavy (non-hydrogen) atoms. The highest BCUT2D eigenvalue weighted by molar-refractivity contribution is 5.77. The second kappa shape index (κ2) is 5.16. The van der Waals surface area contributed by atoms with Gasteiger partial charge in [0.05, 0.1) is 5.92 Å². The molecule has 2 fully saturated rings. The third kappa shape index (κ3) is 2.94. The molecule has 2 unspecified atom stereocenters. The van der Waals surface area contributed by atoms with E-state index in [1.54, 1.807) is 4.90 Å². The molecule has 1 heterocycles. The fraction of sp³-hybridized carbons (Fsp3) is 0.846. The summed E-state index contributed by atoms with van der Waals surface area (Å²) in [6, 6.07) is 0.192. The SMILES string of the molecule is CC1CC(NC(=O)N2CC(C)CC(C(=O)O)C2)C1. The lowest BCUT2D eigenvalue weighted by molar-refractivity contribution is -0.143. The molecule has 0 aromatic heterocycles. The maximum absolute atomic E-state index is 12.0. The number of urea groups is 1. The number of carboxylic acid groups (broad SMARTS) is 1. The highest BCUT2D eigenvalue weighted by Crippen LogP contribution is 2.27. The summed E-state index contributed by atoms with van der Waals surface area (Å²) in [6.07, 6.45) is 2.74. The van der Waals surface area contributed by atoms with Crippen LogP contribution in [-0.4, -0.2) is 41.1 Å². The lowest BCUT2D eigenvalue weighted by atomic mass is 9.82. The topological polar surface area (TPSA) is 69.6 Å². The van der Waals surface area contributed by atoms with Gasteiger partial charge in [-0.3, -0.25) is 4.79 Å². The first-order valence-corrected chi connectivity index (χ1v) is 6.74. The zero-order chi connectivity index (χ0) is 13.3. The number of piperidine rings is 1. The van der Waals surface area contributed by atoms with Crippen molar-refractivity contribution in [3.05, 3.63) is 0 Å². The van der Waals surface area contributed by atoms with Crippen LogP contribution in [0.1, 0.15) is 33.1 Å². The Morgan fingerprint density at radius 3 is 2.33 bits per heavy atom. The van der Waals surface area contributed by atoms with E-state index >= 15 is 0 Å². The summed E-state index contributed by atoms with van der Waals surface area (Å²) in [5.41, 5.74) is 0. The third-order valence-electron chi connectivity index (χ3n) is 4.00. The summed E-state index contributed by atoms with van der Waals surface area (Å²) in [5, 5.41) is 12.1. The van der Waals surface area contributed by atoms with E-state index in [9.17, 15) is 9.59 Å². The highest BCUT2D eigenvalue weighted by atomic mass is 16.4. The van der Waals surface area contributed by atoms with Crippen LogP contribution in [0.25, 0.3) is 0 Å². The molecule has 102 valence electrons. The molecule has 2 rings (SSSR count). The predicted molar refractivity (Wildman–Crippen MR) is 67.2 cm³/mol. The van der Waals surface area contributed by atoms with Gasteiger partial charge >= 0.3 is 12.0 Å². The van der Waals surface area contributed by atoms with Crippen molar-refractivity contribution in [2.45, 2.75) is 39.2 Å². The van der Waals surface area contributed by atoms with Gasteiger partial charge in [0, 0.05) is 19.1 Å². The van der Waals surface area contributed by atoms with Crippen LogP contribution in [0, 0.1) is 17.8 Å². The molecular weight excluding hydrogens is 232 g/mol. The molecular formula is C13H22N2O3. The van der Waals surface area contributed by atoms with E-state index in [0.29, 0.717) is 25.4 Å². The minimum Gasteiger partial charge on any atom is -0.481 e. The number of rotatable bonds is 2. The largest absolute Gasteiger partial charge is 0.481 e. The van der Waals surface area contributed by atoms with E-state index in [1.807, 2.05) is 6.92 Å².